The number of nitrogens with one attached hydrogen (secondary N) is 1. The molecule has 1 heterocycles. The van der Waals surface area contributed by atoms with Crippen molar-refractivity contribution in [3.05, 3.63) is 47.3 Å². The van der Waals surface area contributed by atoms with Gasteiger partial charge in [0.05, 0.1) is 11.4 Å². The molecule has 0 bridgehead atoms. The van der Waals surface area contributed by atoms with Crippen LogP contribution in [0.5, 0.6) is 0 Å². The number of hydrogen-bond donors (Lipinski definition) is 1. The van der Waals surface area contributed by atoms with Gasteiger partial charge in [0.1, 0.15) is 0 Å². The highest BCUT2D eigenvalue weighted by Gasteiger charge is 2.12. The molecule has 1 aromatic carbocycles. The standard InChI is InChI=1S/C16H21N3O3S/c1-12-13(11-23(3,21)22)5-4-6-15(12)17-16(20)8-7-14-9-10-19(2)18-14/h4-6,9-10H,7-8,11H2,1-3H3,(H,17,20). The fraction of sp³-hybridized carbons (Fsp3) is 0.375. The van der Waals surface area contributed by atoms with Gasteiger partial charge in [0.15, 0.2) is 9.84 Å². The molecule has 0 saturated heterocycles. The van der Waals surface area contributed by atoms with E-state index in [-0.39, 0.29) is 11.7 Å². The summed E-state index contributed by atoms with van der Waals surface area (Å²) in [5, 5.41) is 7.08. The van der Waals surface area contributed by atoms with Crippen LogP contribution in [-0.2, 0) is 33.9 Å². The van der Waals surface area contributed by atoms with Gasteiger partial charge in [-0.15, -0.1) is 0 Å². The van der Waals surface area contributed by atoms with Crippen molar-refractivity contribution in [2.24, 2.45) is 7.05 Å². The summed E-state index contributed by atoms with van der Waals surface area (Å²) in [7, 11) is -1.28. The molecular formula is C16H21N3O3S. The van der Waals surface area contributed by atoms with Gasteiger partial charge in [-0.05, 0) is 30.2 Å². The Balaban J connectivity index is 2.01. The van der Waals surface area contributed by atoms with E-state index in [0.717, 1.165) is 11.3 Å². The summed E-state index contributed by atoms with van der Waals surface area (Å²) in [6.45, 7) is 1.81. The van der Waals surface area contributed by atoms with E-state index in [1.54, 1.807) is 22.9 Å². The van der Waals surface area contributed by atoms with E-state index >= 15 is 0 Å². The second-order valence-electron chi connectivity index (χ2n) is 5.69. The van der Waals surface area contributed by atoms with E-state index in [4.69, 9.17) is 0 Å². The Morgan fingerprint density at radius 3 is 2.65 bits per heavy atom. The molecule has 0 fully saturated rings. The molecule has 6 nitrogen and oxygen atoms in total. The molecule has 0 unspecified atom stereocenters. The number of carbonyl (C=O) groups is 1. The van der Waals surface area contributed by atoms with Crippen LogP contribution in [0.2, 0.25) is 0 Å². The van der Waals surface area contributed by atoms with E-state index in [2.05, 4.69) is 10.4 Å². The van der Waals surface area contributed by atoms with E-state index in [0.29, 0.717) is 24.1 Å². The van der Waals surface area contributed by atoms with E-state index < -0.39 is 9.84 Å². The molecule has 0 aliphatic rings. The normalized spacial score (nSPS) is 11.4. The summed E-state index contributed by atoms with van der Waals surface area (Å²) in [5.41, 5.74) is 3.00. The molecule has 0 spiro atoms. The number of anilines is 1. The molecule has 7 heteroatoms. The number of hydrogen-bond acceptors (Lipinski definition) is 4. The smallest absolute Gasteiger partial charge is 0.224 e. The maximum absolute atomic E-state index is 12.1. The van der Waals surface area contributed by atoms with Crippen LogP contribution in [0.1, 0.15) is 23.2 Å². The number of aryl methyl sites for hydroxylation is 2. The zero-order valence-electron chi connectivity index (χ0n) is 13.5. The monoisotopic (exact) mass is 335 g/mol. The van der Waals surface area contributed by atoms with Crippen molar-refractivity contribution in [2.75, 3.05) is 11.6 Å². The summed E-state index contributed by atoms with van der Waals surface area (Å²) in [6, 6.07) is 7.17. The van der Waals surface area contributed by atoms with Crippen LogP contribution in [-0.4, -0.2) is 30.4 Å². The number of sulfone groups is 1. The summed E-state index contributed by atoms with van der Waals surface area (Å²) in [4.78, 5) is 12.1. The Morgan fingerprint density at radius 1 is 1.30 bits per heavy atom. The predicted molar refractivity (Wildman–Crippen MR) is 89.9 cm³/mol. The summed E-state index contributed by atoms with van der Waals surface area (Å²) >= 11 is 0. The summed E-state index contributed by atoms with van der Waals surface area (Å²) in [6.07, 6.45) is 3.93. The van der Waals surface area contributed by atoms with Gasteiger partial charge in [-0.3, -0.25) is 9.48 Å². The van der Waals surface area contributed by atoms with Gasteiger partial charge in [0, 0.05) is 38.0 Å². The van der Waals surface area contributed by atoms with Crippen molar-refractivity contribution >= 4 is 21.4 Å². The Bertz CT molecular complexity index is 810. The van der Waals surface area contributed by atoms with Gasteiger partial charge in [-0.1, -0.05) is 12.1 Å². The Kier molecular flexibility index (Phi) is 5.20. The van der Waals surface area contributed by atoms with Crippen molar-refractivity contribution in [2.45, 2.75) is 25.5 Å². The molecule has 0 aliphatic heterocycles. The molecule has 2 aromatic rings. The second-order valence-corrected chi connectivity index (χ2v) is 7.83. The molecular weight excluding hydrogens is 314 g/mol. The molecule has 124 valence electrons. The molecule has 1 N–H and O–H groups in total. The third-order valence-corrected chi connectivity index (χ3v) is 4.35. The topological polar surface area (TPSA) is 81.1 Å². The van der Waals surface area contributed by atoms with Gasteiger partial charge in [0.2, 0.25) is 5.91 Å². The average Bonchev–Trinajstić information content (AvgIpc) is 2.85. The first-order valence-corrected chi connectivity index (χ1v) is 9.35. The largest absolute Gasteiger partial charge is 0.326 e. The minimum Gasteiger partial charge on any atom is -0.326 e. The molecule has 23 heavy (non-hydrogen) atoms. The maximum Gasteiger partial charge on any atom is 0.224 e. The first-order valence-electron chi connectivity index (χ1n) is 7.29. The van der Waals surface area contributed by atoms with Gasteiger partial charge in [-0.25, -0.2) is 8.42 Å². The molecule has 0 atom stereocenters. The lowest BCUT2D eigenvalue weighted by Crippen LogP contribution is -2.14. The average molecular weight is 335 g/mol. The van der Waals surface area contributed by atoms with Crippen molar-refractivity contribution < 1.29 is 13.2 Å². The fourth-order valence-corrected chi connectivity index (χ4v) is 3.19. The van der Waals surface area contributed by atoms with Crippen LogP contribution in [0.15, 0.2) is 30.5 Å². The van der Waals surface area contributed by atoms with Crippen LogP contribution in [0, 0.1) is 6.92 Å². The summed E-state index contributed by atoms with van der Waals surface area (Å²) in [5.74, 6) is -0.147. The van der Waals surface area contributed by atoms with Crippen molar-refractivity contribution in [1.29, 1.82) is 0 Å². The highest BCUT2D eigenvalue weighted by atomic mass is 32.2. The molecule has 0 radical (unpaired) electrons. The SMILES string of the molecule is Cc1c(CS(C)(=O)=O)cccc1NC(=O)CCc1ccn(C)n1. The summed E-state index contributed by atoms with van der Waals surface area (Å²) < 4.78 is 24.6. The first-order chi connectivity index (χ1) is 10.7. The van der Waals surface area contributed by atoms with Crippen molar-refractivity contribution in [3.63, 3.8) is 0 Å². The van der Waals surface area contributed by atoms with Gasteiger partial charge >= 0.3 is 0 Å². The van der Waals surface area contributed by atoms with Crippen LogP contribution < -0.4 is 5.32 Å². The Morgan fingerprint density at radius 2 is 2.04 bits per heavy atom. The van der Waals surface area contributed by atoms with Crippen molar-refractivity contribution in [1.82, 2.24) is 9.78 Å². The van der Waals surface area contributed by atoms with E-state index in [1.807, 2.05) is 26.2 Å². The lowest BCUT2D eigenvalue weighted by Gasteiger charge is -2.12. The third-order valence-electron chi connectivity index (χ3n) is 3.51. The van der Waals surface area contributed by atoms with Gasteiger partial charge < -0.3 is 5.32 Å². The predicted octanol–water partition coefficient (Wildman–Crippen LogP) is 1.84. The molecule has 0 saturated carbocycles. The van der Waals surface area contributed by atoms with E-state index in [1.165, 1.54) is 6.26 Å². The van der Waals surface area contributed by atoms with Crippen LogP contribution in [0.3, 0.4) is 0 Å². The number of nitrogens with zero attached hydrogens (tertiary/aromatic N) is 2. The molecule has 2 rings (SSSR count). The minimum atomic E-state index is -3.11. The number of amides is 1. The van der Waals surface area contributed by atoms with Gasteiger partial charge in [0.25, 0.3) is 0 Å². The zero-order chi connectivity index (χ0) is 17.0. The lowest BCUT2D eigenvalue weighted by atomic mass is 10.1. The minimum absolute atomic E-state index is 0.0313. The number of aromatic nitrogens is 2. The second kappa shape index (κ2) is 6.95. The van der Waals surface area contributed by atoms with Crippen LogP contribution in [0.25, 0.3) is 0 Å². The van der Waals surface area contributed by atoms with Crippen LogP contribution in [0.4, 0.5) is 5.69 Å². The number of benzene rings is 1. The van der Waals surface area contributed by atoms with Crippen molar-refractivity contribution in [3.8, 4) is 0 Å². The highest BCUT2D eigenvalue weighted by Crippen LogP contribution is 2.21. The number of carbonyl (C=O) groups excluding carboxylic acids is 1. The molecule has 0 aliphatic carbocycles. The third kappa shape index (κ3) is 5.21. The van der Waals surface area contributed by atoms with Crippen LogP contribution >= 0.6 is 0 Å². The number of rotatable bonds is 6. The van der Waals surface area contributed by atoms with Gasteiger partial charge in [-0.2, -0.15) is 5.10 Å². The molecule has 1 amide bonds. The quantitative estimate of drug-likeness (QED) is 0.873. The lowest BCUT2D eigenvalue weighted by molar-refractivity contribution is -0.116. The zero-order valence-corrected chi connectivity index (χ0v) is 14.4. The first kappa shape index (κ1) is 17.2. The highest BCUT2D eigenvalue weighted by molar-refractivity contribution is 7.89. The fourth-order valence-electron chi connectivity index (χ4n) is 2.31. The Hall–Kier alpha value is -2.15. The Labute approximate surface area is 136 Å². The molecule has 1 aromatic heterocycles. The van der Waals surface area contributed by atoms with E-state index in [9.17, 15) is 13.2 Å². The maximum atomic E-state index is 12.1.